The molecule has 0 amide bonds. The number of halogens is 2. The number of para-hydroxylation sites is 1. The van der Waals surface area contributed by atoms with E-state index in [0.717, 1.165) is 41.9 Å². The largest absolute Gasteiger partial charge is 0.488 e. The molecule has 1 fully saturated rings. The number of hydrogen-bond acceptors (Lipinski definition) is 3. The van der Waals surface area contributed by atoms with Crippen molar-refractivity contribution in [2.24, 2.45) is 10.9 Å². The van der Waals surface area contributed by atoms with Crippen molar-refractivity contribution in [2.75, 3.05) is 40.4 Å². The molecule has 148 valence electrons. The highest BCUT2D eigenvalue weighted by Gasteiger charge is 2.16. The Bertz CT molecular complexity index is 553. The fourth-order valence-electron chi connectivity index (χ4n) is 2.94. The Balaban J connectivity index is 0.00000338. The van der Waals surface area contributed by atoms with Crippen LogP contribution in [0.4, 0.5) is 0 Å². The van der Waals surface area contributed by atoms with Gasteiger partial charge in [0, 0.05) is 33.9 Å². The SMILES string of the molecule is CN=C(NCC(C)Oc1ccccc1Br)N(C)CCC1CCOCC1.I. The third kappa shape index (κ3) is 8.00. The third-order valence-electron chi connectivity index (χ3n) is 4.50. The van der Waals surface area contributed by atoms with Gasteiger partial charge in [-0.3, -0.25) is 4.99 Å². The third-order valence-corrected chi connectivity index (χ3v) is 5.15. The minimum atomic E-state index is 0. The molecule has 1 saturated heterocycles. The second-order valence-electron chi connectivity index (χ2n) is 6.55. The van der Waals surface area contributed by atoms with Crippen molar-refractivity contribution in [3.63, 3.8) is 0 Å². The van der Waals surface area contributed by atoms with Crippen LogP contribution in [0, 0.1) is 5.92 Å². The van der Waals surface area contributed by atoms with Gasteiger partial charge in [0.1, 0.15) is 11.9 Å². The second-order valence-corrected chi connectivity index (χ2v) is 7.41. The Morgan fingerprint density at radius 3 is 2.73 bits per heavy atom. The number of guanidine groups is 1. The quantitative estimate of drug-likeness (QED) is 0.321. The van der Waals surface area contributed by atoms with Gasteiger partial charge in [-0.25, -0.2) is 0 Å². The van der Waals surface area contributed by atoms with Gasteiger partial charge < -0.3 is 19.7 Å². The first-order chi connectivity index (χ1) is 12.1. The molecule has 0 spiro atoms. The van der Waals surface area contributed by atoms with Gasteiger partial charge in [0.05, 0.1) is 11.0 Å². The van der Waals surface area contributed by atoms with Crippen LogP contribution in [-0.4, -0.2) is 57.4 Å². The van der Waals surface area contributed by atoms with Crippen LogP contribution in [0.5, 0.6) is 5.75 Å². The van der Waals surface area contributed by atoms with Crippen molar-refractivity contribution in [2.45, 2.75) is 32.3 Å². The lowest BCUT2D eigenvalue weighted by Crippen LogP contribution is -2.43. The smallest absolute Gasteiger partial charge is 0.193 e. The normalized spacial score (nSPS) is 16.5. The summed E-state index contributed by atoms with van der Waals surface area (Å²) >= 11 is 3.51. The van der Waals surface area contributed by atoms with Crippen LogP contribution in [0.15, 0.2) is 33.7 Å². The minimum Gasteiger partial charge on any atom is -0.488 e. The first-order valence-electron chi connectivity index (χ1n) is 9.01. The zero-order valence-electron chi connectivity index (χ0n) is 15.9. The van der Waals surface area contributed by atoms with Crippen molar-refractivity contribution in [1.29, 1.82) is 0 Å². The molecule has 1 aliphatic heterocycles. The molecule has 1 aromatic rings. The van der Waals surface area contributed by atoms with Crippen LogP contribution in [0.2, 0.25) is 0 Å². The van der Waals surface area contributed by atoms with Gasteiger partial charge >= 0.3 is 0 Å². The molecule has 1 aliphatic rings. The van der Waals surface area contributed by atoms with Crippen LogP contribution >= 0.6 is 39.9 Å². The van der Waals surface area contributed by atoms with Gasteiger partial charge in [-0.05, 0) is 60.2 Å². The summed E-state index contributed by atoms with van der Waals surface area (Å²) in [5, 5.41) is 3.41. The number of hydrogen-bond donors (Lipinski definition) is 1. The molecule has 0 bridgehead atoms. The van der Waals surface area contributed by atoms with Gasteiger partial charge in [-0.1, -0.05) is 12.1 Å². The molecule has 1 N–H and O–H groups in total. The number of nitrogens with one attached hydrogen (secondary N) is 1. The van der Waals surface area contributed by atoms with Crippen molar-refractivity contribution >= 4 is 45.9 Å². The first kappa shape index (κ1) is 23.5. The van der Waals surface area contributed by atoms with Crippen LogP contribution in [0.3, 0.4) is 0 Å². The van der Waals surface area contributed by atoms with Crippen LogP contribution < -0.4 is 10.1 Å². The standard InChI is InChI=1S/C19H30BrN3O2.HI/c1-15(25-18-7-5-4-6-17(18)20)14-22-19(21-2)23(3)11-8-16-9-12-24-13-10-16;/h4-7,15-16H,8-14H2,1-3H3,(H,21,22);1H. The lowest BCUT2D eigenvalue weighted by molar-refractivity contribution is 0.0625. The zero-order chi connectivity index (χ0) is 18.1. The summed E-state index contributed by atoms with van der Waals surface area (Å²) in [6, 6.07) is 7.91. The highest BCUT2D eigenvalue weighted by molar-refractivity contribution is 14.0. The van der Waals surface area contributed by atoms with E-state index in [0.29, 0.717) is 6.54 Å². The summed E-state index contributed by atoms with van der Waals surface area (Å²) in [5.74, 6) is 2.54. The molecule has 0 saturated carbocycles. The molecule has 0 radical (unpaired) electrons. The van der Waals surface area contributed by atoms with E-state index in [1.807, 2.05) is 31.3 Å². The van der Waals surface area contributed by atoms with E-state index in [1.165, 1.54) is 19.3 Å². The molecule has 0 aliphatic carbocycles. The molecular weight excluding hydrogens is 509 g/mol. The maximum absolute atomic E-state index is 5.98. The van der Waals surface area contributed by atoms with Gasteiger partial charge in [0.2, 0.25) is 0 Å². The van der Waals surface area contributed by atoms with Gasteiger partial charge in [0.25, 0.3) is 0 Å². The Morgan fingerprint density at radius 2 is 2.08 bits per heavy atom. The van der Waals surface area contributed by atoms with Gasteiger partial charge in [-0.2, -0.15) is 0 Å². The topological polar surface area (TPSA) is 46.1 Å². The highest BCUT2D eigenvalue weighted by atomic mass is 127. The predicted molar refractivity (Wildman–Crippen MR) is 122 cm³/mol. The monoisotopic (exact) mass is 539 g/mol. The Kier molecular flexibility index (Phi) is 11.5. The maximum Gasteiger partial charge on any atom is 0.193 e. The number of ether oxygens (including phenoxy) is 2. The summed E-state index contributed by atoms with van der Waals surface area (Å²) in [6.45, 7) is 5.58. The maximum atomic E-state index is 5.98. The minimum absolute atomic E-state index is 0. The number of nitrogens with zero attached hydrogens (tertiary/aromatic N) is 2. The average molecular weight is 540 g/mol. The molecule has 5 nitrogen and oxygen atoms in total. The zero-order valence-corrected chi connectivity index (χ0v) is 19.8. The molecule has 7 heteroatoms. The van der Waals surface area contributed by atoms with Crippen molar-refractivity contribution in [3.05, 3.63) is 28.7 Å². The van der Waals surface area contributed by atoms with E-state index >= 15 is 0 Å². The molecule has 26 heavy (non-hydrogen) atoms. The van der Waals surface area contributed by atoms with Crippen molar-refractivity contribution < 1.29 is 9.47 Å². The van der Waals surface area contributed by atoms with Crippen LogP contribution in [0.1, 0.15) is 26.2 Å². The van der Waals surface area contributed by atoms with E-state index in [-0.39, 0.29) is 30.1 Å². The molecular formula is C19H31BrIN3O2. The fraction of sp³-hybridized carbons (Fsp3) is 0.632. The number of benzene rings is 1. The number of rotatable bonds is 7. The first-order valence-corrected chi connectivity index (χ1v) is 9.80. The highest BCUT2D eigenvalue weighted by Crippen LogP contribution is 2.24. The van der Waals surface area contributed by atoms with Gasteiger partial charge in [-0.15, -0.1) is 24.0 Å². The molecule has 1 atom stereocenters. The Hall–Kier alpha value is -0.540. The summed E-state index contributed by atoms with van der Waals surface area (Å²) in [6.07, 6.45) is 3.58. The average Bonchev–Trinajstić information content (AvgIpc) is 2.63. The summed E-state index contributed by atoms with van der Waals surface area (Å²) < 4.78 is 12.4. The van der Waals surface area contributed by atoms with Crippen molar-refractivity contribution in [3.8, 4) is 5.75 Å². The Morgan fingerprint density at radius 1 is 1.38 bits per heavy atom. The Labute approximate surface area is 183 Å². The summed E-state index contributed by atoms with van der Waals surface area (Å²) in [7, 11) is 3.92. The molecule has 2 rings (SSSR count). The summed E-state index contributed by atoms with van der Waals surface area (Å²) in [4.78, 5) is 6.59. The molecule has 0 aromatic heterocycles. The van der Waals surface area contributed by atoms with E-state index in [2.05, 4.69) is 45.1 Å². The van der Waals surface area contributed by atoms with E-state index in [1.54, 1.807) is 0 Å². The lowest BCUT2D eigenvalue weighted by atomic mass is 9.96. The lowest BCUT2D eigenvalue weighted by Gasteiger charge is -2.27. The van der Waals surface area contributed by atoms with Crippen molar-refractivity contribution in [1.82, 2.24) is 10.2 Å². The molecule has 1 aromatic carbocycles. The fourth-order valence-corrected chi connectivity index (χ4v) is 3.31. The molecule has 1 heterocycles. The number of aliphatic imine (C=N–C) groups is 1. The second kappa shape index (κ2) is 12.8. The molecule has 1 unspecified atom stereocenters. The van der Waals surface area contributed by atoms with Crippen LogP contribution in [0.25, 0.3) is 0 Å². The van der Waals surface area contributed by atoms with Crippen LogP contribution in [-0.2, 0) is 4.74 Å². The van der Waals surface area contributed by atoms with E-state index < -0.39 is 0 Å². The van der Waals surface area contributed by atoms with Gasteiger partial charge in [0.15, 0.2) is 5.96 Å². The van der Waals surface area contributed by atoms with E-state index in [4.69, 9.17) is 9.47 Å². The van der Waals surface area contributed by atoms with E-state index in [9.17, 15) is 0 Å². The summed E-state index contributed by atoms with van der Waals surface area (Å²) in [5.41, 5.74) is 0. The predicted octanol–water partition coefficient (Wildman–Crippen LogP) is 4.16.